The second kappa shape index (κ2) is 28.8. The molecule has 98 heavy (non-hydrogen) atoms. The van der Waals surface area contributed by atoms with Gasteiger partial charge in [-0.3, -0.25) is 29.1 Å². The van der Waals surface area contributed by atoms with Crippen molar-refractivity contribution in [1.29, 1.82) is 0 Å². The predicted molar refractivity (Wildman–Crippen MR) is 379 cm³/mol. The van der Waals surface area contributed by atoms with Crippen LogP contribution in [0.2, 0.25) is 0 Å². The van der Waals surface area contributed by atoms with Crippen molar-refractivity contribution >= 4 is 114 Å². The van der Waals surface area contributed by atoms with Crippen LogP contribution in [0.1, 0.15) is 203 Å². The van der Waals surface area contributed by atoms with Gasteiger partial charge in [0, 0.05) is 91.9 Å². The van der Waals surface area contributed by atoms with E-state index in [1.54, 1.807) is 26.0 Å². The Balaban J connectivity index is 1.40. The number of fused-ring (bicyclic) bond motifs is 16. The second-order valence-electron chi connectivity index (χ2n) is 24.9. The summed E-state index contributed by atoms with van der Waals surface area (Å²) in [5, 5.41) is 0. The van der Waals surface area contributed by atoms with E-state index >= 15 is 0 Å². The summed E-state index contributed by atoms with van der Waals surface area (Å²) in [5.74, 6) is 7.70. The number of allylic oxidation sites excluding steroid dienone is 2. The van der Waals surface area contributed by atoms with Gasteiger partial charge >= 0.3 is 35.8 Å². The molecule has 6 aromatic heterocycles. The van der Waals surface area contributed by atoms with Crippen LogP contribution in [0.5, 0.6) is 0 Å². The third-order valence-corrected chi connectivity index (χ3v) is 19.8. The molecular weight excluding hydrogens is 1240 g/mol. The van der Waals surface area contributed by atoms with Crippen molar-refractivity contribution in [2.75, 3.05) is 42.7 Å². The van der Waals surface area contributed by atoms with Gasteiger partial charge in [0.25, 0.3) is 0 Å². The summed E-state index contributed by atoms with van der Waals surface area (Å²) in [4.78, 5) is 119. The van der Waals surface area contributed by atoms with E-state index < -0.39 is 59.5 Å². The second-order valence-corrected chi connectivity index (χ2v) is 24.9. The van der Waals surface area contributed by atoms with E-state index in [0.717, 1.165) is 66.6 Å². The van der Waals surface area contributed by atoms with Crippen molar-refractivity contribution in [2.24, 2.45) is 0 Å². The van der Waals surface area contributed by atoms with Crippen molar-refractivity contribution in [3.05, 3.63) is 150 Å². The van der Waals surface area contributed by atoms with E-state index in [1.165, 1.54) is 42.7 Å². The van der Waals surface area contributed by atoms with Crippen LogP contribution in [0.3, 0.4) is 0 Å². The zero-order chi connectivity index (χ0) is 70.9. The first-order valence-corrected chi connectivity index (χ1v) is 32.7. The molecule has 0 spiro atoms. The zero-order valence-corrected chi connectivity index (χ0v) is 58.5. The van der Waals surface area contributed by atoms with Gasteiger partial charge in [-0.15, -0.1) is 0 Å². The Morgan fingerprint density at radius 3 is 1.15 bits per heavy atom. The Hall–Kier alpha value is -10.9. The fraction of sp³-hybridized carbons (Fsp3) is 0.359. The van der Waals surface area contributed by atoms with Gasteiger partial charge in [-0.2, -0.15) is 0 Å². The predicted octanol–water partition coefficient (Wildman–Crippen LogP) is 13.3. The number of esters is 6. The highest BCUT2D eigenvalue weighted by Gasteiger charge is 2.40. The molecule has 20 heteroatoms. The first-order chi connectivity index (χ1) is 47.0. The number of ether oxygens (including phenoxy) is 6. The molecule has 0 aromatic carbocycles. The molecule has 16 bridgehead atoms. The average molecular weight is 1320 g/mol. The molecule has 10 rings (SSSR count). The number of aryl methyl sites for hydroxylation is 6. The van der Waals surface area contributed by atoms with Crippen molar-refractivity contribution in [3.63, 3.8) is 0 Å². The summed E-state index contributed by atoms with van der Waals surface area (Å²) in [6, 6.07) is 7.87. The molecule has 20 nitrogen and oxygen atoms in total. The van der Waals surface area contributed by atoms with E-state index in [2.05, 4.69) is 70.6 Å². The van der Waals surface area contributed by atoms with Crippen LogP contribution in [0.15, 0.2) is 37.4 Å². The van der Waals surface area contributed by atoms with Crippen LogP contribution in [0.4, 0.5) is 0 Å². The molecule has 0 fully saturated rings. The summed E-state index contributed by atoms with van der Waals surface area (Å²) in [6.07, 6.45) is 4.50. The number of aromatic nitrogens is 8. The monoisotopic (exact) mass is 1320 g/mol. The van der Waals surface area contributed by atoms with Crippen LogP contribution in [0, 0.1) is 51.4 Å². The molecule has 4 aliphatic heterocycles. The summed E-state index contributed by atoms with van der Waals surface area (Å²) in [7, 11) is 7.78. The minimum absolute atomic E-state index is 0.0291. The van der Waals surface area contributed by atoms with E-state index in [4.69, 9.17) is 48.4 Å². The van der Waals surface area contributed by atoms with Crippen LogP contribution >= 0.6 is 0 Å². The molecule has 4 aliphatic rings. The van der Waals surface area contributed by atoms with E-state index in [-0.39, 0.29) is 61.1 Å². The van der Waals surface area contributed by atoms with E-state index in [9.17, 15) is 28.8 Å². The third kappa shape index (κ3) is 12.7. The number of aromatic amines is 4. The zero-order valence-electron chi connectivity index (χ0n) is 58.5. The fourth-order valence-electron chi connectivity index (χ4n) is 14.3. The summed E-state index contributed by atoms with van der Waals surface area (Å²) in [6.45, 7) is 28.3. The molecule has 0 amide bonds. The molecule has 0 aliphatic carbocycles. The lowest BCUT2D eigenvalue weighted by molar-refractivity contribution is -0.141. The smallest absolute Gasteiger partial charge is 0.340 e. The number of carbonyl (C=O) groups is 6. The van der Waals surface area contributed by atoms with Gasteiger partial charge < -0.3 is 48.4 Å². The van der Waals surface area contributed by atoms with Crippen molar-refractivity contribution < 1.29 is 57.2 Å². The van der Waals surface area contributed by atoms with Crippen LogP contribution in [-0.4, -0.2) is 118 Å². The normalized spacial score (nSPS) is 15.6. The Morgan fingerprint density at radius 1 is 0.459 bits per heavy atom. The molecule has 6 aromatic rings. The van der Waals surface area contributed by atoms with Crippen molar-refractivity contribution in [1.82, 2.24) is 39.9 Å². The van der Waals surface area contributed by atoms with Gasteiger partial charge in [0.15, 0.2) is 0 Å². The van der Waals surface area contributed by atoms with Crippen LogP contribution in [-0.2, 0) is 82.9 Å². The number of rotatable bonds is 16. The number of carbonyl (C=O) groups excluding carboxylic acids is 6. The maximum atomic E-state index is 14.2. The first-order valence-electron chi connectivity index (χ1n) is 32.7. The molecule has 506 valence electrons. The summed E-state index contributed by atoms with van der Waals surface area (Å²) >= 11 is 0. The lowest BCUT2D eigenvalue weighted by atomic mass is 9.83. The number of H-pyrrole nitrogens is 4. The van der Waals surface area contributed by atoms with Gasteiger partial charge in [-0.25, -0.2) is 19.6 Å². The van der Waals surface area contributed by atoms with Gasteiger partial charge in [-0.05, 0) is 160 Å². The Labute approximate surface area is 569 Å². The van der Waals surface area contributed by atoms with E-state index in [1.807, 2.05) is 65.8 Å². The standard InChI is InChI=1S/C78H82N8O12/c1-19-45-37(5)55-33-61-47(21-3)39(7)69(83-61)51(71-41(9)49(27-29-63(87)93-13)73(85-71)53(31-65(89)95-15)75-67(77(91)97-17)43(11)57(81-75)35-59(45)79-55)25-23-24-26-52-70-40(8)48(22-4)62(84-70)34-56-38(6)46(20-2)60(80-56)36-58-44(12)68(78(92)98-18)76(82-58)54(32-66(90)96-16)74-50(28-30-64(88)94-14)42(10)72(52)86-74/h21-22,33-36,41-42,49-50,79-80,83-84H,3-4,19-20,27-32H2,1-2,5-18H3/t41-,42-,49?,50?/m0/s1. The van der Waals surface area contributed by atoms with Crippen LogP contribution < -0.4 is 0 Å². The highest BCUT2D eigenvalue weighted by Crippen LogP contribution is 2.48. The quantitative estimate of drug-likeness (QED) is 0.0398. The summed E-state index contributed by atoms with van der Waals surface area (Å²) in [5.41, 5.74) is 18.7. The third-order valence-electron chi connectivity index (χ3n) is 19.8. The molecule has 10 heterocycles. The van der Waals surface area contributed by atoms with Gasteiger partial charge in [-0.1, -0.05) is 53.0 Å². The molecular formula is C78H82N8O12. The van der Waals surface area contributed by atoms with Gasteiger partial charge in [0.1, 0.15) is 0 Å². The Morgan fingerprint density at radius 2 is 0.827 bits per heavy atom. The number of nitrogens with one attached hydrogen (secondary N) is 4. The van der Waals surface area contributed by atoms with Gasteiger partial charge in [0.2, 0.25) is 0 Å². The lowest BCUT2D eigenvalue weighted by Gasteiger charge is -2.18. The molecule has 0 radical (unpaired) electrons. The lowest BCUT2D eigenvalue weighted by Crippen LogP contribution is -2.15. The topological polar surface area (TPSA) is 273 Å². The highest BCUT2D eigenvalue weighted by atomic mass is 16.5. The summed E-state index contributed by atoms with van der Waals surface area (Å²) < 4.78 is 32.1. The average Bonchev–Trinajstić information content (AvgIpc) is 1.60. The highest BCUT2D eigenvalue weighted by molar-refractivity contribution is 6.26. The number of nitrogens with zero attached hydrogens (tertiary/aromatic N) is 4. The molecule has 2 unspecified atom stereocenters. The first kappa shape index (κ1) is 70.0. The Bertz CT molecular complexity index is 4690. The van der Waals surface area contributed by atoms with Gasteiger partial charge in [0.05, 0.1) is 134 Å². The minimum atomic E-state index is -0.675. The maximum Gasteiger partial charge on any atom is 0.340 e. The molecule has 4 N–H and O–H groups in total. The minimum Gasteiger partial charge on any atom is -0.469 e. The fourth-order valence-corrected chi connectivity index (χ4v) is 14.3. The van der Waals surface area contributed by atoms with E-state index in [0.29, 0.717) is 102 Å². The molecule has 0 saturated carbocycles. The SMILES string of the molecule is C=Cc1c(C)c2[nH]c1cc1[nH]c(cc3nc(c(CC(=O)OC)c4nc(c2C#CC#Cc2c5nc(c(CC(=O)OC)c6nc(cc7[nH]c(cc8[nH]c2c(C)c8C=C)c(C)c7CC)C(C)=C6C(=O)OC)C(CCC(=O)OC)[C@@H]5C)[C@@H](C)C4CCC(=O)OC)C(C(=O)OC)=C3C)c(CC)c1C. The van der Waals surface area contributed by atoms with Crippen LogP contribution in [0.25, 0.3) is 78.6 Å². The maximum absolute atomic E-state index is 14.2. The number of hydrogen-bond donors (Lipinski definition) is 4. The van der Waals surface area contributed by atoms with Crippen molar-refractivity contribution in [2.45, 2.75) is 144 Å². The molecule has 4 atom stereocenters. The Kier molecular flexibility index (Phi) is 20.6. The number of methoxy groups -OCH3 is 6. The number of hydrogen-bond acceptors (Lipinski definition) is 16. The largest absolute Gasteiger partial charge is 0.469 e. The van der Waals surface area contributed by atoms with Crippen molar-refractivity contribution in [3.8, 4) is 23.7 Å². The molecule has 0 saturated heterocycles.